The number of hydrogen-bond donors (Lipinski definition) is 3. The minimum atomic E-state index is -0.0720. The molecule has 3 aromatic rings. The maximum atomic E-state index is 12.8. The molecule has 0 aliphatic carbocycles. The number of carbonyl (C=O) groups is 1. The third kappa shape index (κ3) is 3.21. The lowest BCUT2D eigenvalue weighted by Crippen LogP contribution is -2.55. The minimum absolute atomic E-state index is 0.0432. The van der Waals surface area contributed by atoms with Crippen LogP contribution in [0.3, 0.4) is 0 Å². The molecule has 1 fully saturated rings. The van der Waals surface area contributed by atoms with Crippen molar-refractivity contribution in [2.45, 2.75) is 31.7 Å². The number of likely N-dealkylation sites (tertiary alicyclic amines) is 1. The van der Waals surface area contributed by atoms with Gasteiger partial charge in [0, 0.05) is 41.9 Å². The molecule has 1 spiro atoms. The summed E-state index contributed by atoms with van der Waals surface area (Å²) in [6.45, 7) is 4.58. The maximum Gasteiger partial charge on any atom is 0.321 e. The van der Waals surface area contributed by atoms with Gasteiger partial charge >= 0.3 is 6.03 Å². The predicted octanol–water partition coefficient (Wildman–Crippen LogP) is 4.15. The number of urea groups is 1. The molecule has 0 radical (unpaired) electrons. The average Bonchev–Trinajstić information content (AvgIpc) is 3.14. The third-order valence-electron chi connectivity index (χ3n) is 6.62. The van der Waals surface area contributed by atoms with Crippen LogP contribution in [0.25, 0.3) is 10.9 Å². The number of fused-ring (bicyclic) bond motifs is 4. The summed E-state index contributed by atoms with van der Waals surface area (Å²) in [5.74, 6) is 0.778. The minimum Gasteiger partial charge on any atom is -0.497 e. The van der Waals surface area contributed by atoms with E-state index in [1.54, 1.807) is 7.11 Å². The van der Waals surface area contributed by atoms with Crippen molar-refractivity contribution in [3.8, 4) is 5.75 Å². The van der Waals surface area contributed by atoms with Crippen molar-refractivity contribution in [3.05, 3.63) is 59.3 Å². The van der Waals surface area contributed by atoms with Crippen LogP contribution in [0, 0.1) is 6.92 Å². The van der Waals surface area contributed by atoms with Crippen LogP contribution in [-0.4, -0.2) is 42.7 Å². The maximum absolute atomic E-state index is 12.8. The molecule has 6 nitrogen and oxygen atoms in total. The zero-order chi connectivity index (χ0) is 20.7. The second kappa shape index (κ2) is 7.36. The lowest BCUT2D eigenvalue weighted by atomic mass is 9.79. The molecule has 30 heavy (non-hydrogen) atoms. The van der Waals surface area contributed by atoms with Gasteiger partial charge in [-0.3, -0.25) is 0 Å². The van der Waals surface area contributed by atoms with E-state index in [1.807, 2.05) is 29.2 Å². The van der Waals surface area contributed by atoms with Crippen molar-refractivity contribution in [1.82, 2.24) is 15.2 Å². The summed E-state index contributed by atoms with van der Waals surface area (Å²) in [6, 6.07) is 14.0. The van der Waals surface area contributed by atoms with Crippen molar-refractivity contribution < 1.29 is 9.53 Å². The van der Waals surface area contributed by atoms with Crippen LogP contribution >= 0.6 is 0 Å². The van der Waals surface area contributed by atoms with Gasteiger partial charge in [0.25, 0.3) is 0 Å². The number of anilines is 1. The molecule has 5 rings (SSSR count). The Hall–Kier alpha value is -2.99. The number of ether oxygens (including phenoxy) is 1. The number of aromatic amines is 1. The summed E-state index contributed by atoms with van der Waals surface area (Å²) < 4.78 is 5.18. The summed E-state index contributed by atoms with van der Waals surface area (Å²) in [5.41, 5.74) is 5.99. The summed E-state index contributed by atoms with van der Waals surface area (Å²) in [7, 11) is 1.64. The lowest BCUT2D eigenvalue weighted by Gasteiger charge is -2.44. The fourth-order valence-corrected chi connectivity index (χ4v) is 4.94. The van der Waals surface area contributed by atoms with Crippen LogP contribution in [0.5, 0.6) is 5.75 Å². The molecule has 2 aliphatic heterocycles. The molecule has 156 valence electrons. The standard InChI is InChI=1S/C24H28N4O2/c1-16-3-8-21-20(15-16)19-9-12-25-24(22(19)27-21)10-13-28(14-11-24)23(29)26-17-4-6-18(30-2)7-5-17/h3-8,15,25,27H,9-14H2,1-2H3,(H,26,29). The van der Waals surface area contributed by atoms with E-state index in [9.17, 15) is 4.79 Å². The zero-order valence-electron chi connectivity index (χ0n) is 17.5. The Balaban J connectivity index is 1.32. The highest BCUT2D eigenvalue weighted by molar-refractivity contribution is 5.89. The van der Waals surface area contributed by atoms with Gasteiger partial charge in [-0.15, -0.1) is 0 Å². The number of nitrogens with one attached hydrogen (secondary N) is 3. The second-order valence-corrected chi connectivity index (χ2v) is 8.43. The fraction of sp³-hybridized carbons (Fsp3) is 0.375. The van der Waals surface area contributed by atoms with Crippen molar-refractivity contribution >= 4 is 22.6 Å². The molecule has 1 aromatic heterocycles. The highest BCUT2D eigenvalue weighted by atomic mass is 16.5. The first kappa shape index (κ1) is 19.0. The van der Waals surface area contributed by atoms with E-state index in [0.717, 1.165) is 50.3 Å². The third-order valence-corrected chi connectivity index (χ3v) is 6.62. The SMILES string of the molecule is COc1ccc(NC(=O)N2CCC3(CC2)NCCc2c3[nH]c3ccc(C)cc23)cc1. The molecule has 6 heteroatoms. The normalized spacial score (nSPS) is 17.7. The molecule has 3 heterocycles. The molecular weight excluding hydrogens is 376 g/mol. The van der Waals surface area contributed by atoms with Crippen molar-refractivity contribution in [2.24, 2.45) is 0 Å². The largest absolute Gasteiger partial charge is 0.497 e. The molecule has 1 saturated heterocycles. The van der Waals surface area contributed by atoms with Gasteiger partial charge < -0.3 is 25.3 Å². The Morgan fingerprint density at radius 3 is 2.63 bits per heavy atom. The first-order valence-electron chi connectivity index (χ1n) is 10.6. The second-order valence-electron chi connectivity index (χ2n) is 8.43. The monoisotopic (exact) mass is 404 g/mol. The number of amides is 2. The van der Waals surface area contributed by atoms with Crippen molar-refractivity contribution in [1.29, 1.82) is 0 Å². The molecule has 0 bridgehead atoms. The van der Waals surface area contributed by atoms with Crippen molar-refractivity contribution in [3.63, 3.8) is 0 Å². The van der Waals surface area contributed by atoms with Gasteiger partial charge in [-0.05, 0) is 68.1 Å². The van der Waals surface area contributed by atoms with Crippen LogP contribution in [0.1, 0.15) is 29.7 Å². The fourth-order valence-electron chi connectivity index (χ4n) is 4.94. The number of benzene rings is 2. The molecule has 2 amide bonds. The Labute approximate surface area is 176 Å². The van der Waals surface area contributed by atoms with E-state index in [4.69, 9.17) is 4.74 Å². The van der Waals surface area contributed by atoms with E-state index >= 15 is 0 Å². The number of nitrogens with zero attached hydrogens (tertiary/aromatic N) is 1. The van der Waals surface area contributed by atoms with Gasteiger partial charge in [0.05, 0.1) is 12.6 Å². The van der Waals surface area contributed by atoms with Crippen LogP contribution in [0.15, 0.2) is 42.5 Å². The van der Waals surface area contributed by atoms with E-state index in [2.05, 4.69) is 40.7 Å². The first-order valence-corrected chi connectivity index (χ1v) is 10.6. The van der Waals surface area contributed by atoms with Gasteiger partial charge in [0.15, 0.2) is 0 Å². The Kier molecular flexibility index (Phi) is 4.66. The van der Waals surface area contributed by atoms with Crippen LogP contribution < -0.4 is 15.4 Å². The Bertz CT molecular complexity index is 1080. The van der Waals surface area contributed by atoms with Gasteiger partial charge in [-0.25, -0.2) is 4.79 Å². The van der Waals surface area contributed by atoms with E-state index in [1.165, 1.54) is 27.7 Å². The summed E-state index contributed by atoms with van der Waals surface area (Å²) in [5, 5.41) is 8.14. The number of hydrogen-bond acceptors (Lipinski definition) is 3. The van der Waals surface area contributed by atoms with Crippen LogP contribution in [0.2, 0.25) is 0 Å². The van der Waals surface area contributed by atoms with Crippen LogP contribution in [-0.2, 0) is 12.0 Å². The number of H-pyrrole nitrogens is 1. The van der Waals surface area contributed by atoms with E-state index in [-0.39, 0.29) is 11.6 Å². The van der Waals surface area contributed by atoms with Gasteiger partial charge in [0.2, 0.25) is 0 Å². The van der Waals surface area contributed by atoms with Gasteiger partial charge in [0.1, 0.15) is 5.75 Å². The zero-order valence-corrected chi connectivity index (χ0v) is 17.5. The number of aromatic nitrogens is 1. The smallest absolute Gasteiger partial charge is 0.321 e. The van der Waals surface area contributed by atoms with Gasteiger partial charge in [-0.1, -0.05) is 11.6 Å². The summed E-state index contributed by atoms with van der Waals surface area (Å²) >= 11 is 0. The number of carbonyl (C=O) groups excluding carboxylic acids is 1. The molecule has 0 saturated carbocycles. The highest BCUT2D eigenvalue weighted by Gasteiger charge is 2.42. The van der Waals surface area contributed by atoms with E-state index in [0.29, 0.717) is 0 Å². The topological polar surface area (TPSA) is 69.4 Å². The van der Waals surface area contributed by atoms with Gasteiger partial charge in [-0.2, -0.15) is 0 Å². The first-order chi connectivity index (χ1) is 14.6. The molecule has 0 unspecified atom stereocenters. The number of aryl methyl sites for hydroxylation is 1. The molecule has 2 aliphatic rings. The number of methoxy groups -OCH3 is 1. The quantitative estimate of drug-likeness (QED) is 0.601. The van der Waals surface area contributed by atoms with Crippen molar-refractivity contribution in [2.75, 3.05) is 32.1 Å². The molecule has 3 N–H and O–H groups in total. The molecule has 0 atom stereocenters. The number of piperidine rings is 1. The average molecular weight is 405 g/mol. The van der Waals surface area contributed by atoms with Crippen LogP contribution in [0.4, 0.5) is 10.5 Å². The number of rotatable bonds is 2. The predicted molar refractivity (Wildman–Crippen MR) is 119 cm³/mol. The lowest BCUT2D eigenvalue weighted by molar-refractivity contribution is 0.142. The summed E-state index contributed by atoms with van der Waals surface area (Å²) in [6.07, 6.45) is 2.85. The molecular formula is C24H28N4O2. The van der Waals surface area contributed by atoms with E-state index < -0.39 is 0 Å². The Morgan fingerprint density at radius 1 is 1.13 bits per heavy atom. The molecule has 2 aromatic carbocycles. The Morgan fingerprint density at radius 2 is 1.90 bits per heavy atom. The summed E-state index contributed by atoms with van der Waals surface area (Å²) in [4.78, 5) is 18.4. The highest BCUT2D eigenvalue weighted by Crippen LogP contribution is 2.40.